The van der Waals surface area contributed by atoms with Crippen molar-refractivity contribution in [2.75, 3.05) is 6.54 Å². The maximum Gasteiger partial charge on any atom is 0.250 e. The molecule has 1 amide bonds. The first-order valence-electron chi connectivity index (χ1n) is 8.48. The Morgan fingerprint density at radius 1 is 1.20 bits per heavy atom. The van der Waals surface area contributed by atoms with Gasteiger partial charge in [0.2, 0.25) is 5.91 Å². The van der Waals surface area contributed by atoms with Crippen molar-refractivity contribution >= 4 is 29.3 Å². The minimum absolute atomic E-state index is 0.174. The number of piperidine rings is 1. The average molecular weight is 351 g/mol. The van der Waals surface area contributed by atoms with Gasteiger partial charge in [-0.2, -0.15) is 0 Å². The molecule has 128 valence electrons. The predicted molar refractivity (Wildman–Crippen MR) is 104 cm³/mol. The molecule has 1 fully saturated rings. The molecule has 1 atom stereocenters. The van der Waals surface area contributed by atoms with E-state index in [1.165, 1.54) is 6.08 Å². The standard InChI is InChI=1S/C20H21N3OS/c24-19(12-11-16-7-2-1-3-8-16)22-20(25)23-14-5-4-10-18(23)17-9-6-13-21-15-17/h1-3,6-9,11-13,15,18H,4-5,10,14H2,(H,22,24,25)/b12-11+/t18-/m0/s1. The SMILES string of the molecule is O=C(/C=C/c1ccccc1)NC(=S)N1CCCC[C@H]1c1cccnc1. The predicted octanol–water partition coefficient (Wildman–Crippen LogP) is 3.72. The minimum atomic E-state index is -0.204. The first-order valence-corrected chi connectivity index (χ1v) is 8.89. The van der Waals surface area contributed by atoms with Crippen LogP contribution >= 0.6 is 12.2 Å². The Kier molecular flexibility index (Phi) is 5.90. The largest absolute Gasteiger partial charge is 0.342 e. The molecule has 4 nitrogen and oxygen atoms in total. The number of carbonyl (C=O) groups excluding carboxylic acids is 1. The van der Waals surface area contributed by atoms with E-state index < -0.39 is 0 Å². The summed E-state index contributed by atoms with van der Waals surface area (Å²) in [5, 5.41) is 3.31. The Morgan fingerprint density at radius 3 is 2.80 bits per heavy atom. The van der Waals surface area contributed by atoms with Crippen LogP contribution in [0.2, 0.25) is 0 Å². The fourth-order valence-electron chi connectivity index (χ4n) is 3.05. The van der Waals surface area contributed by atoms with Gasteiger partial charge < -0.3 is 4.90 Å². The van der Waals surface area contributed by atoms with Crippen LogP contribution in [0.4, 0.5) is 0 Å². The van der Waals surface area contributed by atoms with Gasteiger partial charge in [0, 0.05) is 25.0 Å². The molecule has 25 heavy (non-hydrogen) atoms. The van der Waals surface area contributed by atoms with Gasteiger partial charge in [-0.1, -0.05) is 36.4 Å². The van der Waals surface area contributed by atoms with Crippen molar-refractivity contribution in [3.63, 3.8) is 0 Å². The van der Waals surface area contributed by atoms with Crippen LogP contribution in [0.25, 0.3) is 6.08 Å². The quantitative estimate of drug-likeness (QED) is 0.676. The average Bonchev–Trinajstić information content (AvgIpc) is 2.68. The van der Waals surface area contributed by atoms with Gasteiger partial charge in [-0.25, -0.2) is 0 Å². The summed E-state index contributed by atoms with van der Waals surface area (Å²) in [4.78, 5) is 18.5. The van der Waals surface area contributed by atoms with Gasteiger partial charge in [-0.3, -0.25) is 15.1 Å². The molecule has 1 aliphatic heterocycles. The number of hydrogen-bond acceptors (Lipinski definition) is 3. The molecule has 0 radical (unpaired) electrons. The Balaban J connectivity index is 1.64. The van der Waals surface area contributed by atoms with Gasteiger partial charge in [-0.05, 0) is 54.7 Å². The van der Waals surface area contributed by atoms with E-state index in [4.69, 9.17) is 12.2 Å². The number of carbonyl (C=O) groups is 1. The number of likely N-dealkylation sites (tertiary alicyclic amines) is 1. The maximum absolute atomic E-state index is 12.2. The van der Waals surface area contributed by atoms with Crippen molar-refractivity contribution in [2.45, 2.75) is 25.3 Å². The summed E-state index contributed by atoms with van der Waals surface area (Å²) >= 11 is 5.50. The van der Waals surface area contributed by atoms with Crippen LogP contribution in [0.3, 0.4) is 0 Å². The van der Waals surface area contributed by atoms with Crippen molar-refractivity contribution in [1.82, 2.24) is 15.2 Å². The summed E-state index contributed by atoms with van der Waals surface area (Å²) in [7, 11) is 0. The van der Waals surface area contributed by atoms with Gasteiger partial charge in [-0.15, -0.1) is 0 Å². The highest BCUT2D eigenvalue weighted by Gasteiger charge is 2.26. The van der Waals surface area contributed by atoms with E-state index >= 15 is 0 Å². The lowest BCUT2D eigenvalue weighted by Crippen LogP contribution is -2.46. The summed E-state index contributed by atoms with van der Waals surface area (Å²) in [6, 6.07) is 13.9. The van der Waals surface area contributed by atoms with Crippen molar-refractivity contribution in [1.29, 1.82) is 0 Å². The molecule has 1 saturated heterocycles. The van der Waals surface area contributed by atoms with Crippen molar-refractivity contribution < 1.29 is 4.79 Å². The molecule has 1 aromatic carbocycles. The second-order valence-electron chi connectivity index (χ2n) is 6.03. The number of nitrogens with zero attached hydrogens (tertiary/aromatic N) is 2. The van der Waals surface area contributed by atoms with E-state index in [0.717, 1.165) is 36.9 Å². The summed E-state index contributed by atoms with van der Waals surface area (Å²) in [5.41, 5.74) is 2.12. The lowest BCUT2D eigenvalue weighted by molar-refractivity contribution is -0.115. The van der Waals surface area contributed by atoms with Crippen LogP contribution in [-0.4, -0.2) is 27.4 Å². The zero-order valence-electron chi connectivity index (χ0n) is 14.0. The highest BCUT2D eigenvalue weighted by atomic mass is 32.1. The molecule has 0 bridgehead atoms. The minimum Gasteiger partial charge on any atom is -0.342 e. The van der Waals surface area contributed by atoms with Crippen molar-refractivity contribution in [3.8, 4) is 0 Å². The molecule has 5 heteroatoms. The molecule has 2 heterocycles. The highest BCUT2D eigenvalue weighted by molar-refractivity contribution is 7.80. The smallest absolute Gasteiger partial charge is 0.250 e. The fraction of sp³-hybridized carbons (Fsp3) is 0.250. The highest BCUT2D eigenvalue weighted by Crippen LogP contribution is 2.30. The zero-order valence-corrected chi connectivity index (χ0v) is 14.8. The molecule has 3 rings (SSSR count). The van der Waals surface area contributed by atoms with E-state index in [1.54, 1.807) is 12.3 Å². The third kappa shape index (κ3) is 4.73. The van der Waals surface area contributed by atoms with Crippen LogP contribution < -0.4 is 5.32 Å². The molecular weight excluding hydrogens is 330 g/mol. The van der Waals surface area contributed by atoms with Gasteiger partial charge >= 0.3 is 0 Å². The van der Waals surface area contributed by atoms with Crippen LogP contribution in [0.1, 0.15) is 36.4 Å². The van der Waals surface area contributed by atoms with Gasteiger partial charge in [0.1, 0.15) is 0 Å². The lowest BCUT2D eigenvalue weighted by atomic mass is 9.97. The fourth-order valence-corrected chi connectivity index (χ4v) is 3.37. The summed E-state index contributed by atoms with van der Waals surface area (Å²) in [6.07, 6.45) is 10.2. The number of pyridine rings is 1. The number of aromatic nitrogens is 1. The van der Waals surface area contributed by atoms with E-state index in [-0.39, 0.29) is 11.9 Å². The first kappa shape index (κ1) is 17.3. The topological polar surface area (TPSA) is 45.2 Å². The Morgan fingerprint density at radius 2 is 2.04 bits per heavy atom. The molecule has 1 N–H and O–H groups in total. The number of amides is 1. The van der Waals surface area contributed by atoms with Crippen LogP contribution in [0.5, 0.6) is 0 Å². The number of hydrogen-bond donors (Lipinski definition) is 1. The number of rotatable bonds is 3. The van der Waals surface area contributed by atoms with Gasteiger partial charge in [0.05, 0.1) is 6.04 Å². The molecule has 0 saturated carbocycles. The molecule has 2 aromatic rings. The maximum atomic E-state index is 12.2. The normalized spacial score (nSPS) is 17.4. The van der Waals surface area contributed by atoms with Gasteiger partial charge in [0.25, 0.3) is 0 Å². The Labute approximate surface area is 153 Å². The number of thiocarbonyl (C=S) groups is 1. The Hall–Kier alpha value is -2.53. The number of benzene rings is 1. The molecule has 0 aliphatic carbocycles. The monoisotopic (exact) mass is 351 g/mol. The van der Waals surface area contributed by atoms with Crippen LogP contribution in [0, 0.1) is 0 Å². The second kappa shape index (κ2) is 8.53. The third-order valence-corrected chi connectivity index (χ3v) is 4.63. The summed E-state index contributed by atoms with van der Waals surface area (Å²) in [5.74, 6) is -0.204. The molecular formula is C20H21N3OS. The molecule has 1 aliphatic rings. The first-order chi connectivity index (χ1) is 12.2. The molecule has 0 spiro atoms. The summed E-state index contributed by atoms with van der Waals surface area (Å²) < 4.78 is 0. The van der Waals surface area contributed by atoms with E-state index in [2.05, 4.69) is 21.3 Å². The van der Waals surface area contributed by atoms with Crippen molar-refractivity contribution in [3.05, 3.63) is 72.1 Å². The van der Waals surface area contributed by atoms with Crippen LogP contribution in [0.15, 0.2) is 60.9 Å². The van der Waals surface area contributed by atoms with Crippen molar-refractivity contribution in [2.24, 2.45) is 0 Å². The van der Waals surface area contributed by atoms with E-state index in [0.29, 0.717) is 5.11 Å². The third-order valence-electron chi connectivity index (χ3n) is 4.29. The lowest BCUT2D eigenvalue weighted by Gasteiger charge is -2.37. The van der Waals surface area contributed by atoms with Crippen LogP contribution in [-0.2, 0) is 4.79 Å². The van der Waals surface area contributed by atoms with Gasteiger partial charge in [0.15, 0.2) is 5.11 Å². The van der Waals surface area contributed by atoms with E-state index in [1.807, 2.05) is 42.6 Å². The Bertz CT molecular complexity index is 746. The van der Waals surface area contributed by atoms with E-state index in [9.17, 15) is 4.79 Å². The molecule has 0 unspecified atom stereocenters. The number of nitrogens with one attached hydrogen (secondary N) is 1. The summed E-state index contributed by atoms with van der Waals surface area (Å²) in [6.45, 7) is 0.848. The second-order valence-corrected chi connectivity index (χ2v) is 6.42. The molecule has 1 aromatic heterocycles. The zero-order chi connectivity index (χ0) is 17.5.